The third-order valence-electron chi connectivity index (χ3n) is 6.24. The molecule has 3 rings (SSSR count). The Bertz CT molecular complexity index is 1700. The fraction of sp³-hybridized carbons (Fsp3) is 0.367. The number of nitrogens with zero attached hydrogens (tertiary/aromatic N) is 1. The van der Waals surface area contributed by atoms with Crippen molar-refractivity contribution in [3.8, 4) is 10.4 Å². The Morgan fingerprint density at radius 2 is 1.74 bits per heavy atom. The van der Waals surface area contributed by atoms with Crippen LogP contribution in [0.25, 0.3) is 10.4 Å². The molecule has 5 N–H and O–H groups in total. The summed E-state index contributed by atoms with van der Waals surface area (Å²) in [6.45, 7) is 11.4. The molecule has 0 aliphatic heterocycles. The van der Waals surface area contributed by atoms with E-state index in [1.807, 2.05) is 19.1 Å². The molecule has 1 heterocycles. The number of hydrogen-bond donors (Lipinski definition) is 5. The molecule has 1 unspecified atom stereocenters. The van der Waals surface area contributed by atoms with Crippen molar-refractivity contribution >= 4 is 59.1 Å². The van der Waals surface area contributed by atoms with Crippen molar-refractivity contribution in [3.05, 3.63) is 70.1 Å². The van der Waals surface area contributed by atoms with Crippen LogP contribution in [0.4, 0.5) is 5.69 Å². The summed E-state index contributed by atoms with van der Waals surface area (Å²) in [6.07, 6.45) is 0.00308. The Kier molecular flexibility index (Phi) is 12.4. The van der Waals surface area contributed by atoms with Gasteiger partial charge in [-0.3, -0.25) is 4.79 Å². The van der Waals surface area contributed by atoms with Crippen molar-refractivity contribution < 1.29 is 32.5 Å². The first kappa shape index (κ1) is 36.6. The van der Waals surface area contributed by atoms with Crippen LogP contribution in [0.15, 0.2) is 58.3 Å². The van der Waals surface area contributed by atoms with Crippen LogP contribution in [0.3, 0.4) is 0 Å². The summed E-state index contributed by atoms with van der Waals surface area (Å²) in [7, 11) is -4.48. The molecule has 0 saturated carbocycles. The monoisotopic (exact) mass is 667 g/mol. The molecule has 0 radical (unpaired) electrons. The molecule has 244 valence electrons. The van der Waals surface area contributed by atoms with Crippen LogP contribution in [-0.2, 0) is 24.3 Å². The maximum absolute atomic E-state index is 13.5. The number of amides is 1. The van der Waals surface area contributed by atoms with Crippen LogP contribution in [0.5, 0.6) is 0 Å². The van der Waals surface area contributed by atoms with E-state index in [0.29, 0.717) is 28.8 Å². The van der Waals surface area contributed by atoms with Gasteiger partial charge in [0.05, 0.1) is 4.90 Å². The summed E-state index contributed by atoms with van der Waals surface area (Å²) in [5.41, 5.74) is 2.49. The van der Waals surface area contributed by atoms with Crippen LogP contribution >= 0.6 is 11.3 Å². The molecular formula is C30H39B2N5O7S2. The number of hydrogen-bond acceptors (Lipinski definition) is 9. The SMILES string of the molecule is CB(O)/N=C(\NCB=O)Nc1cccc(-c2ccc(C(=O)NCC(NS(=O)(=O)c3c(C)cc(C)cc3C)C(=O)OC(C)(C)C)s2)c1. The summed E-state index contributed by atoms with van der Waals surface area (Å²) in [5.74, 6) is -1.10. The van der Waals surface area contributed by atoms with Gasteiger partial charge in [0.1, 0.15) is 11.6 Å². The predicted octanol–water partition coefficient (Wildman–Crippen LogP) is 3.23. The molecule has 0 aliphatic carbocycles. The quantitative estimate of drug-likeness (QED) is 0.0841. The number of anilines is 1. The molecule has 1 amide bonds. The Labute approximate surface area is 274 Å². The third kappa shape index (κ3) is 10.6. The molecule has 46 heavy (non-hydrogen) atoms. The van der Waals surface area contributed by atoms with E-state index >= 15 is 0 Å². The second kappa shape index (κ2) is 15.6. The van der Waals surface area contributed by atoms with Crippen LogP contribution in [0, 0.1) is 20.8 Å². The van der Waals surface area contributed by atoms with E-state index in [2.05, 4.69) is 25.6 Å². The first-order chi connectivity index (χ1) is 21.5. The van der Waals surface area contributed by atoms with E-state index in [9.17, 15) is 27.7 Å². The fourth-order valence-corrected chi connectivity index (χ4v) is 7.17. The van der Waals surface area contributed by atoms with E-state index in [4.69, 9.17) is 4.74 Å². The second-order valence-corrected chi connectivity index (χ2v) is 14.4. The van der Waals surface area contributed by atoms with Gasteiger partial charge in [0.2, 0.25) is 10.0 Å². The number of nitrogens with one attached hydrogen (secondary N) is 4. The summed E-state index contributed by atoms with van der Waals surface area (Å²) >= 11 is 1.20. The first-order valence-corrected chi connectivity index (χ1v) is 16.8. The Morgan fingerprint density at radius 3 is 2.35 bits per heavy atom. The van der Waals surface area contributed by atoms with Crippen molar-refractivity contribution in [3.63, 3.8) is 0 Å². The van der Waals surface area contributed by atoms with Crippen molar-refractivity contribution in [1.82, 2.24) is 15.4 Å². The summed E-state index contributed by atoms with van der Waals surface area (Å²) in [6, 6.07) is 12.8. The molecule has 2 aromatic carbocycles. The third-order valence-corrected chi connectivity index (χ3v) is 9.15. The molecule has 0 fully saturated rings. The number of rotatable bonds is 12. The zero-order chi connectivity index (χ0) is 34.2. The summed E-state index contributed by atoms with van der Waals surface area (Å²) in [5, 5.41) is 18.1. The van der Waals surface area contributed by atoms with E-state index in [0.717, 1.165) is 16.0 Å². The van der Waals surface area contributed by atoms with Crippen LogP contribution in [0.2, 0.25) is 6.82 Å². The van der Waals surface area contributed by atoms with Gasteiger partial charge in [0, 0.05) is 6.54 Å². The summed E-state index contributed by atoms with van der Waals surface area (Å²) in [4.78, 5) is 31.5. The number of ether oxygens (including phenoxy) is 1. The Hall–Kier alpha value is -3.85. The Morgan fingerprint density at radius 1 is 1.07 bits per heavy atom. The van der Waals surface area contributed by atoms with E-state index < -0.39 is 40.6 Å². The standard InChI is InChI=1S/C30H39B2N5O7S2/c1-18-13-19(2)26(20(3)14-18)46(42,43)37-23(28(39)44-30(4,5)6)16-33-27(38)25-12-11-24(45-25)21-9-8-10-22(15-21)35-29(34-17-31-40)36-32(7)41/h8-15,23,37,41H,16-17H2,1-7H3,(H,33,38)(H2,34,35,36). The van der Waals surface area contributed by atoms with Crippen molar-refractivity contribution in [2.45, 2.75) is 64.9 Å². The molecule has 0 bridgehead atoms. The van der Waals surface area contributed by atoms with E-state index in [-0.39, 0.29) is 23.8 Å². The summed E-state index contributed by atoms with van der Waals surface area (Å²) < 4.78 is 45.6. The van der Waals surface area contributed by atoms with Gasteiger partial charge in [0.15, 0.2) is 0 Å². The molecule has 1 aromatic heterocycles. The molecule has 12 nitrogen and oxygen atoms in total. The maximum atomic E-state index is 13.5. The van der Waals surface area contributed by atoms with Crippen LogP contribution in [0.1, 0.15) is 47.1 Å². The number of carbonyl (C=O) groups excluding carboxylic acids is 2. The van der Waals surface area contributed by atoms with Gasteiger partial charge < -0.3 is 4.74 Å². The van der Waals surface area contributed by atoms with Crippen molar-refractivity contribution in [1.29, 1.82) is 0 Å². The van der Waals surface area contributed by atoms with Crippen molar-refractivity contribution in [2.24, 2.45) is 4.90 Å². The number of benzene rings is 2. The van der Waals surface area contributed by atoms with Gasteiger partial charge in [-0.05, 0) is 52.7 Å². The molecule has 0 saturated heterocycles. The predicted molar refractivity (Wildman–Crippen MR) is 182 cm³/mol. The second-order valence-electron chi connectivity index (χ2n) is 11.7. The average Bonchev–Trinajstić information content (AvgIpc) is 3.42. The molecular weight excluding hydrogens is 628 g/mol. The molecule has 1 atom stereocenters. The van der Waals surface area contributed by atoms with Crippen LogP contribution < -0.4 is 20.7 Å². The zero-order valence-corrected chi connectivity index (χ0v) is 28.6. The average molecular weight is 667 g/mol. The fourth-order valence-electron chi connectivity index (χ4n) is 4.61. The van der Waals surface area contributed by atoms with Gasteiger partial charge in [0.25, 0.3) is 0 Å². The molecule has 0 aliphatic rings. The first-order valence-electron chi connectivity index (χ1n) is 14.5. The molecule has 3 aromatic rings. The number of thiophene rings is 1. The minimum absolute atomic E-state index is 0.00308. The van der Waals surface area contributed by atoms with Gasteiger partial charge in [-0.25, -0.2) is 8.42 Å². The van der Waals surface area contributed by atoms with Crippen molar-refractivity contribution in [2.75, 3.05) is 18.3 Å². The van der Waals surface area contributed by atoms with Gasteiger partial charge in [-0.15, -0.1) is 0 Å². The Balaban J connectivity index is 1.79. The molecule has 16 heteroatoms. The topological polar surface area (TPSA) is 175 Å². The van der Waals surface area contributed by atoms with Gasteiger partial charge in [-0.2, -0.15) is 4.72 Å². The molecule has 0 spiro atoms. The number of esters is 1. The normalized spacial score (nSPS) is 12.6. The van der Waals surface area contributed by atoms with Gasteiger partial charge >= 0.3 is 149 Å². The number of guanidine groups is 1. The number of sulfonamides is 1. The van der Waals surface area contributed by atoms with E-state index in [1.54, 1.807) is 71.0 Å². The van der Waals surface area contributed by atoms with Crippen LogP contribution in [-0.4, -0.2) is 70.1 Å². The number of aryl methyl sites for hydroxylation is 3. The van der Waals surface area contributed by atoms with Gasteiger partial charge in [-0.1, -0.05) is 17.7 Å². The zero-order valence-electron chi connectivity index (χ0n) is 26.9. The van der Waals surface area contributed by atoms with E-state index in [1.165, 1.54) is 18.2 Å². The number of carbonyl (C=O) groups is 2. The minimum atomic E-state index is -4.16.